The highest BCUT2D eigenvalue weighted by Crippen LogP contribution is 2.24. The van der Waals surface area contributed by atoms with Gasteiger partial charge in [0.25, 0.3) is 5.88 Å². The SMILES string of the molecule is Nc1c(OCC=O)nn2ccccc12. The molecule has 0 bridgehead atoms. The van der Waals surface area contributed by atoms with Crippen LogP contribution >= 0.6 is 0 Å². The van der Waals surface area contributed by atoms with E-state index in [0.29, 0.717) is 17.9 Å². The molecule has 2 rings (SSSR count). The summed E-state index contributed by atoms with van der Waals surface area (Å²) in [5.41, 5.74) is 6.98. The molecule has 5 heteroatoms. The lowest BCUT2D eigenvalue weighted by Crippen LogP contribution is -2.00. The summed E-state index contributed by atoms with van der Waals surface area (Å²) < 4.78 is 6.65. The normalized spacial score (nSPS) is 10.3. The topological polar surface area (TPSA) is 69.6 Å². The average molecular weight is 191 g/mol. The van der Waals surface area contributed by atoms with E-state index in [-0.39, 0.29) is 6.61 Å². The Kier molecular flexibility index (Phi) is 2.06. The van der Waals surface area contributed by atoms with Crippen LogP contribution in [0.2, 0.25) is 0 Å². The van der Waals surface area contributed by atoms with E-state index in [2.05, 4.69) is 5.10 Å². The van der Waals surface area contributed by atoms with Crippen molar-refractivity contribution < 1.29 is 9.53 Å². The van der Waals surface area contributed by atoms with Gasteiger partial charge in [0.15, 0.2) is 6.29 Å². The van der Waals surface area contributed by atoms with Crippen LogP contribution in [0.25, 0.3) is 5.52 Å². The quantitative estimate of drug-likeness (QED) is 0.717. The fraction of sp³-hybridized carbons (Fsp3) is 0.111. The summed E-state index contributed by atoms with van der Waals surface area (Å²) in [5, 5.41) is 4.06. The molecule has 2 heterocycles. The number of aromatic nitrogens is 2. The minimum Gasteiger partial charge on any atom is -0.467 e. The van der Waals surface area contributed by atoms with Gasteiger partial charge in [-0.2, -0.15) is 0 Å². The number of ether oxygens (including phenoxy) is 1. The Morgan fingerprint density at radius 2 is 2.43 bits per heavy atom. The number of nitrogen functional groups attached to an aromatic ring is 1. The molecule has 0 saturated heterocycles. The van der Waals surface area contributed by atoms with E-state index >= 15 is 0 Å². The molecule has 0 atom stereocenters. The minimum absolute atomic E-state index is 0.0336. The summed E-state index contributed by atoms with van der Waals surface area (Å²) in [6, 6.07) is 5.52. The van der Waals surface area contributed by atoms with E-state index in [9.17, 15) is 4.79 Å². The van der Waals surface area contributed by atoms with Crippen LogP contribution in [0.15, 0.2) is 24.4 Å². The number of hydrogen-bond donors (Lipinski definition) is 1. The van der Waals surface area contributed by atoms with Gasteiger partial charge in [-0.1, -0.05) is 6.07 Å². The van der Waals surface area contributed by atoms with Crippen molar-refractivity contribution in [3.05, 3.63) is 24.4 Å². The van der Waals surface area contributed by atoms with Gasteiger partial charge in [0, 0.05) is 6.20 Å². The van der Waals surface area contributed by atoms with Gasteiger partial charge < -0.3 is 10.5 Å². The van der Waals surface area contributed by atoms with Crippen LogP contribution in [-0.4, -0.2) is 22.5 Å². The van der Waals surface area contributed by atoms with Crippen LogP contribution in [0, 0.1) is 0 Å². The molecule has 0 amide bonds. The van der Waals surface area contributed by atoms with Gasteiger partial charge in [0.05, 0.1) is 5.52 Å². The molecule has 0 saturated carbocycles. The van der Waals surface area contributed by atoms with Crippen molar-refractivity contribution in [3.8, 4) is 5.88 Å². The van der Waals surface area contributed by atoms with Gasteiger partial charge in [-0.15, -0.1) is 5.10 Å². The Hall–Kier alpha value is -2.04. The fourth-order valence-corrected chi connectivity index (χ4v) is 1.22. The summed E-state index contributed by atoms with van der Waals surface area (Å²) >= 11 is 0. The van der Waals surface area contributed by atoms with E-state index in [1.807, 2.05) is 18.2 Å². The van der Waals surface area contributed by atoms with Crippen molar-refractivity contribution in [2.75, 3.05) is 12.3 Å². The number of anilines is 1. The van der Waals surface area contributed by atoms with Gasteiger partial charge in [-0.25, -0.2) is 4.52 Å². The number of carbonyl (C=O) groups is 1. The van der Waals surface area contributed by atoms with Crippen LogP contribution in [0.3, 0.4) is 0 Å². The third-order valence-corrected chi connectivity index (χ3v) is 1.83. The molecule has 2 aromatic heterocycles. The first-order valence-electron chi connectivity index (χ1n) is 4.12. The molecule has 0 aliphatic carbocycles. The molecule has 2 aromatic rings. The molecule has 0 fully saturated rings. The molecule has 0 aromatic carbocycles. The van der Waals surface area contributed by atoms with Crippen LogP contribution in [0.5, 0.6) is 5.88 Å². The second kappa shape index (κ2) is 3.37. The lowest BCUT2D eigenvalue weighted by Gasteiger charge is -1.95. The van der Waals surface area contributed by atoms with Crippen molar-refractivity contribution >= 4 is 17.5 Å². The smallest absolute Gasteiger partial charge is 0.257 e. The highest BCUT2D eigenvalue weighted by atomic mass is 16.5. The first-order chi connectivity index (χ1) is 6.83. The number of carbonyl (C=O) groups excluding carboxylic acids is 1. The zero-order chi connectivity index (χ0) is 9.97. The highest BCUT2D eigenvalue weighted by Gasteiger charge is 2.09. The van der Waals surface area contributed by atoms with Crippen LogP contribution < -0.4 is 10.5 Å². The predicted octanol–water partition coefficient (Wildman–Crippen LogP) is 0.494. The third kappa shape index (κ3) is 1.28. The molecule has 0 unspecified atom stereocenters. The molecule has 72 valence electrons. The zero-order valence-corrected chi connectivity index (χ0v) is 7.38. The molecule has 0 spiro atoms. The summed E-state index contributed by atoms with van der Waals surface area (Å²) in [6.45, 7) is -0.0336. The van der Waals surface area contributed by atoms with Crippen LogP contribution in [0.1, 0.15) is 0 Å². The van der Waals surface area contributed by atoms with Crippen molar-refractivity contribution in [2.24, 2.45) is 0 Å². The number of rotatable bonds is 3. The van der Waals surface area contributed by atoms with E-state index < -0.39 is 0 Å². The first-order valence-corrected chi connectivity index (χ1v) is 4.12. The Morgan fingerprint density at radius 3 is 3.14 bits per heavy atom. The Morgan fingerprint density at radius 1 is 1.57 bits per heavy atom. The number of nitrogens with zero attached hydrogens (tertiary/aromatic N) is 2. The maximum atomic E-state index is 10.1. The lowest BCUT2D eigenvalue weighted by atomic mass is 10.4. The largest absolute Gasteiger partial charge is 0.467 e. The summed E-state index contributed by atoms with van der Waals surface area (Å²) in [6.07, 6.45) is 2.42. The molecule has 5 nitrogen and oxygen atoms in total. The van der Waals surface area contributed by atoms with Crippen molar-refractivity contribution in [1.82, 2.24) is 9.61 Å². The van der Waals surface area contributed by atoms with E-state index in [1.54, 1.807) is 10.7 Å². The first kappa shape index (κ1) is 8.55. The number of fused-ring (bicyclic) bond motifs is 1. The van der Waals surface area contributed by atoms with Crippen molar-refractivity contribution in [2.45, 2.75) is 0 Å². The molecule has 0 aliphatic heterocycles. The Labute approximate surface area is 80.1 Å². The Balaban J connectivity index is 2.46. The maximum Gasteiger partial charge on any atom is 0.257 e. The van der Waals surface area contributed by atoms with Gasteiger partial charge >= 0.3 is 0 Å². The van der Waals surface area contributed by atoms with Crippen molar-refractivity contribution in [3.63, 3.8) is 0 Å². The molecule has 14 heavy (non-hydrogen) atoms. The third-order valence-electron chi connectivity index (χ3n) is 1.83. The van der Waals surface area contributed by atoms with E-state index in [0.717, 1.165) is 5.52 Å². The predicted molar refractivity (Wildman–Crippen MR) is 51.2 cm³/mol. The summed E-state index contributed by atoms with van der Waals surface area (Å²) in [4.78, 5) is 10.1. The maximum absolute atomic E-state index is 10.1. The monoisotopic (exact) mass is 191 g/mol. The van der Waals surface area contributed by atoms with Crippen LogP contribution in [0.4, 0.5) is 5.69 Å². The molecule has 0 aliphatic rings. The average Bonchev–Trinajstić information content (AvgIpc) is 2.54. The second-order valence-electron chi connectivity index (χ2n) is 2.73. The van der Waals surface area contributed by atoms with Crippen LogP contribution in [-0.2, 0) is 4.79 Å². The van der Waals surface area contributed by atoms with E-state index in [1.165, 1.54) is 0 Å². The molecular weight excluding hydrogens is 182 g/mol. The number of pyridine rings is 1. The number of hydrogen-bond acceptors (Lipinski definition) is 4. The lowest BCUT2D eigenvalue weighted by molar-refractivity contribution is -0.109. The van der Waals surface area contributed by atoms with Gasteiger partial charge in [-0.3, -0.25) is 4.79 Å². The minimum atomic E-state index is -0.0336. The highest BCUT2D eigenvalue weighted by molar-refractivity contribution is 5.74. The van der Waals surface area contributed by atoms with Gasteiger partial charge in [0.1, 0.15) is 12.3 Å². The second-order valence-corrected chi connectivity index (χ2v) is 2.73. The number of aldehydes is 1. The molecule has 0 radical (unpaired) electrons. The van der Waals surface area contributed by atoms with Gasteiger partial charge in [-0.05, 0) is 12.1 Å². The number of nitrogens with two attached hydrogens (primary N) is 1. The fourth-order valence-electron chi connectivity index (χ4n) is 1.22. The van der Waals surface area contributed by atoms with Gasteiger partial charge in [0.2, 0.25) is 0 Å². The van der Waals surface area contributed by atoms with Crippen molar-refractivity contribution in [1.29, 1.82) is 0 Å². The summed E-state index contributed by atoms with van der Waals surface area (Å²) in [5.74, 6) is 0.295. The molecule has 2 N–H and O–H groups in total. The Bertz CT molecular complexity index is 464. The standard InChI is InChI=1S/C9H9N3O2/c10-8-7-3-1-2-4-12(7)11-9(8)14-6-5-13/h1-5H,6,10H2. The molecular formula is C9H9N3O2. The zero-order valence-electron chi connectivity index (χ0n) is 7.38. The summed E-state index contributed by atoms with van der Waals surface area (Å²) in [7, 11) is 0. The van der Waals surface area contributed by atoms with E-state index in [4.69, 9.17) is 10.5 Å².